The minimum atomic E-state index is -0.364. The zero-order valence-corrected chi connectivity index (χ0v) is 12.8. The quantitative estimate of drug-likeness (QED) is 0.634. The number of aromatic nitrogens is 4. The van der Waals surface area contributed by atoms with Crippen LogP contribution in [0.4, 0.5) is 5.95 Å². The molecule has 0 radical (unpaired) electrons. The predicted molar refractivity (Wildman–Crippen MR) is 85.2 cm³/mol. The van der Waals surface area contributed by atoms with E-state index in [0.29, 0.717) is 0 Å². The van der Waals surface area contributed by atoms with Crippen molar-refractivity contribution in [1.82, 2.24) is 25.5 Å². The minimum Gasteiger partial charge on any atom is -0.497 e. The third kappa shape index (κ3) is 4.63. The lowest BCUT2D eigenvalue weighted by molar-refractivity contribution is -0.115. The van der Waals surface area contributed by atoms with Crippen LogP contribution < -0.4 is 15.4 Å². The second-order valence-electron chi connectivity index (χ2n) is 4.15. The smallest absolute Gasteiger partial charge is 0.269 e. The fourth-order valence-electron chi connectivity index (χ4n) is 1.51. The predicted octanol–water partition coefficient (Wildman–Crippen LogP) is 0.745. The number of nitrogens with one attached hydrogen (secondary N) is 2. The number of tetrazole rings is 1. The lowest BCUT2D eigenvalue weighted by Crippen LogP contribution is -2.33. The van der Waals surface area contributed by atoms with Crippen LogP contribution in [-0.2, 0) is 11.8 Å². The average Bonchev–Trinajstić information content (AvgIpc) is 2.90. The van der Waals surface area contributed by atoms with Crippen LogP contribution in [-0.4, -0.2) is 38.3 Å². The number of methoxy groups -OCH3 is 1. The molecule has 114 valence electrons. The summed E-state index contributed by atoms with van der Waals surface area (Å²) in [6, 6.07) is 7.29. The second kappa shape index (κ2) is 7.27. The summed E-state index contributed by atoms with van der Waals surface area (Å²) in [5, 5.41) is 16.4. The Morgan fingerprint density at radius 3 is 2.68 bits per heavy atom. The molecule has 1 aromatic carbocycles. The van der Waals surface area contributed by atoms with Crippen molar-refractivity contribution in [2.24, 2.45) is 7.05 Å². The highest BCUT2D eigenvalue weighted by Crippen LogP contribution is 2.12. The Balaban J connectivity index is 1.85. The van der Waals surface area contributed by atoms with Crippen LogP contribution in [0.1, 0.15) is 5.56 Å². The highest BCUT2D eigenvalue weighted by atomic mass is 32.1. The van der Waals surface area contributed by atoms with Crippen molar-refractivity contribution < 1.29 is 9.53 Å². The summed E-state index contributed by atoms with van der Waals surface area (Å²) in [7, 11) is 3.22. The Labute approximate surface area is 132 Å². The van der Waals surface area contributed by atoms with Gasteiger partial charge in [0, 0.05) is 6.08 Å². The Kier molecular flexibility index (Phi) is 5.15. The number of amides is 1. The summed E-state index contributed by atoms with van der Waals surface area (Å²) in [6.45, 7) is 0. The number of aryl methyl sites for hydroxylation is 1. The Morgan fingerprint density at radius 1 is 1.36 bits per heavy atom. The molecule has 0 atom stereocenters. The van der Waals surface area contributed by atoms with Crippen molar-refractivity contribution in [2.75, 3.05) is 12.4 Å². The van der Waals surface area contributed by atoms with E-state index in [-0.39, 0.29) is 17.0 Å². The molecule has 0 aliphatic carbocycles. The molecule has 2 rings (SSSR count). The van der Waals surface area contributed by atoms with Gasteiger partial charge in [-0.05, 0) is 41.2 Å². The lowest BCUT2D eigenvalue weighted by atomic mass is 10.2. The van der Waals surface area contributed by atoms with E-state index in [0.717, 1.165) is 11.3 Å². The Bertz CT molecular complexity index is 695. The van der Waals surface area contributed by atoms with E-state index in [2.05, 4.69) is 26.0 Å². The first-order valence-corrected chi connectivity index (χ1v) is 6.66. The highest BCUT2D eigenvalue weighted by molar-refractivity contribution is 7.80. The number of thiocarbonyl (C=S) groups is 1. The number of nitrogens with zero attached hydrogens (tertiary/aromatic N) is 4. The topological polar surface area (TPSA) is 94.0 Å². The molecule has 0 unspecified atom stereocenters. The van der Waals surface area contributed by atoms with Gasteiger partial charge in [-0.25, -0.2) is 0 Å². The molecule has 1 amide bonds. The first kappa shape index (κ1) is 15.6. The van der Waals surface area contributed by atoms with Gasteiger partial charge in [-0.2, -0.15) is 4.80 Å². The molecule has 1 aromatic heterocycles. The van der Waals surface area contributed by atoms with Gasteiger partial charge >= 0.3 is 0 Å². The van der Waals surface area contributed by atoms with Crippen LogP contribution in [0.5, 0.6) is 5.75 Å². The molecule has 0 fully saturated rings. The zero-order chi connectivity index (χ0) is 15.9. The van der Waals surface area contributed by atoms with Crippen LogP contribution >= 0.6 is 12.2 Å². The van der Waals surface area contributed by atoms with E-state index in [1.54, 1.807) is 20.2 Å². The van der Waals surface area contributed by atoms with E-state index < -0.39 is 0 Å². The molecular formula is C13H14N6O2S. The number of carbonyl (C=O) groups is 1. The molecule has 2 N–H and O–H groups in total. The standard InChI is InChI=1S/C13H14N6O2S/c1-19-17-12(16-18-19)15-13(22)14-11(20)8-5-9-3-6-10(21-2)7-4-9/h3-8H,1-2H3,(H2,14,15,17,20,22)/b8-5+. The summed E-state index contributed by atoms with van der Waals surface area (Å²) in [5.41, 5.74) is 0.866. The SMILES string of the molecule is COc1ccc(/C=C/C(=O)NC(=S)Nc2nnn(C)n2)cc1. The number of anilines is 1. The number of ether oxygens (including phenoxy) is 1. The van der Waals surface area contributed by atoms with Crippen molar-refractivity contribution in [2.45, 2.75) is 0 Å². The van der Waals surface area contributed by atoms with E-state index in [9.17, 15) is 4.79 Å². The molecule has 9 heteroatoms. The fraction of sp³-hybridized carbons (Fsp3) is 0.154. The van der Waals surface area contributed by atoms with Crippen LogP contribution in [0, 0.1) is 0 Å². The number of carbonyl (C=O) groups excluding carboxylic acids is 1. The first-order chi connectivity index (χ1) is 10.6. The molecule has 0 saturated heterocycles. The Morgan fingerprint density at radius 2 is 2.09 bits per heavy atom. The number of benzene rings is 1. The van der Waals surface area contributed by atoms with Crippen molar-refractivity contribution in [3.8, 4) is 5.75 Å². The number of hydrogen-bond acceptors (Lipinski definition) is 6. The molecule has 0 saturated carbocycles. The van der Waals surface area contributed by atoms with Gasteiger partial charge < -0.3 is 4.74 Å². The third-order valence-electron chi connectivity index (χ3n) is 2.51. The molecular weight excluding hydrogens is 304 g/mol. The van der Waals surface area contributed by atoms with Crippen LogP contribution in [0.3, 0.4) is 0 Å². The maximum atomic E-state index is 11.7. The number of hydrogen-bond donors (Lipinski definition) is 2. The van der Waals surface area contributed by atoms with Crippen LogP contribution in [0.15, 0.2) is 30.3 Å². The molecule has 22 heavy (non-hydrogen) atoms. The molecule has 0 spiro atoms. The van der Waals surface area contributed by atoms with Gasteiger partial charge in [0.05, 0.1) is 14.2 Å². The van der Waals surface area contributed by atoms with Gasteiger partial charge in [0.15, 0.2) is 5.11 Å². The summed E-state index contributed by atoms with van der Waals surface area (Å²) in [4.78, 5) is 13.0. The van der Waals surface area contributed by atoms with Gasteiger partial charge in [-0.1, -0.05) is 17.2 Å². The van der Waals surface area contributed by atoms with Gasteiger partial charge in [0.2, 0.25) is 5.91 Å². The third-order valence-corrected chi connectivity index (χ3v) is 2.72. The first-order valence-electron chi connectivity index (χ1n) is 6.25. The molecule has 0 aliphatic heterocycles. The van der Waals surface area contributed by atoms with E-state index >= 15 is 0 Å². The van der Waals surface area contributed by atoms with Crippen molar-refractivity contribution in [3.63, 3.8) is 0 Å². The van der Waals surface area contributed by atoms with E-state index in [4.69, 9.17) is 17.0 Å². The largest absolute Gasteiger partial charge is 0.497 e. The van der Waals surface area contributed by atoms with Gasteiger partial charge in [-0.15, -0.1) is 5.10 Å². The zero-order valence-electron chi connectivity index (χ0n) is 12.0. The molecule has 2 aromatic rings. The second-order valence-corrected chi connectivity index (χ2v) is 4.56. The maximum absolute atomic E-state index is 11.7. The van der Waals surface area contributed by atoms with Crippen molar-refractivity contribution >= 4 is 35.3 Å². The van der Waals surface area contributed by atoms with Crippen molar-refractivity contribution in [3.05, 3.63) is 35.9 Å². The lowest BCUT2D eigenvalue weighted by Gasteiger charge is -2.03. The molecule has 0 aliphatic rings. The monoisotopic (exact) mass is 318 g/mol. The van der Waals surface area contributed by atoms with Crippen LogP contribution in [0.2, 0.25) is 0 Å². The maximum Gasteiger partial charge on any atom is 0.269 e. The van der Waals surface area contributed by atoms with E-state index in [1.165, 1.54) is 10.9 Å². The van der Waals surface area contributed by atoms with Gasteiger partial charge in [0.1, 0.15) is 5.75 Å². The summed E-state index contributed by atoms with van der Waals surface area (Å²) in [5.74, 6) is 0.604. The van der Waals surface area contributed by atoms with Gasteiger partial charge in [-0.3, -0.25) is 15.4 Å². The fourth-order valence-corrected chi connectivity index (χ4v) is 1.70. The van der Waals surface area contributed by atoms with Crippen LogP contribution in [0.25, 0.3) is 6.08 Å². The summed E-state index contributed by atoms with van der Waals surface area (Å²) < 4.78 is 5.06. The van der Waals surface area contributed by atoms with E-state index in [1.807, 2.05) is 24.3 Å². The highest BCUT2D eigenvalue weighted by Gasteiger charge is 2.05. The molecule has 8 nitrogen and oxygen atoms in total. The summed E-state index contributed by atoms with van der Waals surface area (Å²) in [6.07, 6.45) is 3.04. The minimum absolute atomic E-state index is 0.0948. The molecule has 0 bridgehead atoms. The van der Waals surface area contributed by atoms with Gasteiger partial charge in [0.25, 0.3) is 5.95 Å². The normalized spacial score (nSPS) is 10.5. The number of rotatable bonds is 4. The van der Waals surface area contributed by atoms with Crippen molar-refractivity contribution in [1.29, 1.82) is 0 Å². The average molecular weight is 318 g/mol. The Hall–Kier alpha value is -2.81. The molecule has 1 heterocycles. The summed E-state index contributed by atoms with van der Waals surface area (Å²) >= 11 is 4.97.